The summed E-state index contributed by atoms with van der Waals surface area (Å²) in [6.45, 7) is 0.829. The van der Waals surface area contributed by atoms with Gasteiger partial charge in [-0.3, -0.25) is 9.59 Å². The zero-order chi connectivity index (χ0) is 11.5. The maximum atomic E-state index is 11.9. The van der Waals surface area contributed by atoms with Crippen LogP contribution in [0.3, 0.4) is 0 Å². The molecule has 2 fully saturated rings. The number of carboxylic acids is 1. The summed E-state index contributed by atoms with van der Waals surface area (Å²) >= 11 is 0. The van der Waals surface area contributed by atoms with Gasteiger partial charge in [0.05, 0.1) is 5.92 Å². The van der Waals surface area contributed by atoms with Gasteiger partial charge in [0, 0.05) is 19.0 Å². The van der Waals surface area contributed by atoms with Gasteiger partial charge in [0.15, 0.2) is 0 Å². The lowest BCUT2D eigenvalue weighted by Gasteiger charge is -2.27. The van der Waals surface area contributed by atoms with Crippen LogP contribution in [0.1, 0.15) is 44.9 Å². The van der Waals surface area contributed by atoms with E-state index in [0.717, 1.165) is 38.6 Å². The van der Waals surface area contributed by atoms with E-state index in [9.17, 15) is 9.59 Å². The first-order valence-electron chi connectivity index (χ1n) is 6.21. The molecule has 1 aliphatic carbocycles. The lowest BCUT2D eigenvalue weighted by molar-refractivity contribution is -0.142. The van der Waals surface area contributed by atoms with Gasteiger partial charge < -0.3 is 10.0 Å². The number of amides is 1. The van der Waals surface area contributed by atoms with E-state index >= 15 is 0 Å². The van der Waals surface area contributed by atoms with Gasteiger partial charge >= 0.3 is 5.97 Å². The van der Waals surface area contributed by atoms with Crippen molar-refractivity contribution >= 4 is 11.9 Å². The van der Waals surface area contributed by atoms with Crippen molar-refractivity contribution in [2.45, 2.75) is 51.0 Å². The third-order valence-electron chi connectivity index (χ3n) is 3.80. The molecule has 2 atom stereocenters. The molecule has 0 bridgehead atoms. The molecule has 2 aliphatic rings. The van der Waals surface area contributed by atoms with Crippen LogP contribution in [0.2, 0.25) is 0 Å². The zero-order valence-electron chi connectivity index (χ0n) is 9.52. The van der Waals surface area contributed by atoms with Gasteiger partial charge in [-0.25, -0.2) is 0 Å². The maximum Gasteiger partial charge on any atom is 0.306 e. The minimum atomic E-state index is -0.704. The Labute approximate surface area is 95.6 Å². The van der Waals surface area contributed by atoms with Crippen molar-refractivity contribution in [2.24, 2.45) is 5.92 Å². The summed E-state index contributed by atoms with van der Waals surface area (Å²) in [6, 6.07) is 0.187. The van der Waals surface area contributed by atoms with E-state index in [0.29, 0.717) is 12.8 Å². The second kappa shape index (κ2) is 4.85. The number of hydrogen-bond acceptors (Lipinski definition) is 2. The van der Waals surface area contributed by atoms with Gasteiger partial charge in [-0.2, -0.15) is 0 Å². The van der Waals surface area contributed by atoms with Gasteiger partial charge in [-0.1, -0.05) is 6.42 Å². The Balaban J connectivity index is 1.96. The molecule has 4 nitrogen and oxygen atoms in total. The molecular formula is C12H19NO3. The molecule has 1 saturated carbocycles. The molecule has 0 aromatic rings. The highest BCUT2D eigenvalue weighted by atomic mass is 16.4. The predicted octanol–water partition coefficient (Wildman–Crippen LogP) is 1.64. The lowest BCUT2D eigenvalue weighted by atomic mass is 10.1. The van der Waals surface area contributed by atoms with Crippen molar-refractivity contribution in [2.75, 3.05) is 6.54 Å². The second-order valence-electron chi connectivity index (χ2n) is 4.90. The van der Waals surface area contributed by atoms with Gasteiger partial charge in [0.2, 0.25) is 5.91 Å². The number of carboxylic acid groups (broad SMARTS) is 1. The smallest absolute Gasteiger partial charge is 0.306 e. The number of rotatable bonds is 2. The van der Waals surface area contributed by atoms with E-state index < -0.39 is 5.97 Å². The molecule has 4 heteroatoms. The monoisotopic (exact) mass is 225 g/mol. The minimum Gasteiger partial charge on any atom is -0.481 e. The Morgan fingerprint density at radius 3 is 2.75 bits per heavy atom. The maximum absolute atomic E-state index is 11.9. The number of likely N-dealkylation sites (tertiary alicyclic amines) is 1. The average molecular weight is 225 g/mol. The molecule has 1 saturated heterocycles. The summed E-state index contributed by atoms with van der Waals surface area (Å²) in [5.74, 6) is -0.709. The Bertz CT molecular complexity index is 290. The van der Waals surface area contributed by atoms with Crippen molar-refractivity contribution in [3.8, 4) is 0 Å². The SMILES string of the molecule is O=C(O)C1CCC(N2CCCCCC2=O)C1. The molecule has 2 rings (SSSR count). The number of carbonyl (C=O) groups excluding carboxylic acids is 1. The fourth-order valence-electron chi connectivity index (χ4n) is 2.85. The third-order valence-corrected chi connectivity index (χ3v) is 3.80. The van der Waals surface area contributed by atoms with Gasteiger partial charge in [-0.15, -0.1) is 0 Å². The molecule has 0 aromatic heterocycles. The zero-order valence-corrected chi connectivity index (χ0v) is 9.52. The standard InChI is InChI=1S/C12H19NO3/c14-11-4-2-1-3-7-13(11)10-6-5-9(8-10)12(15)16/h9-10H,1-8H2,(H,15,16). The van der Waals surface area contributed by atoms with Crippen molar-refractivity contribution in [3.63, 3.8) is 0 Å². The average Bonchev–Trinajstić information content (AvgIpc) is 2.63. The first-order chi connectivity index (χ1) is 7.68. The third kappa shape index (κ3) is 2.36. The van der Waals surface area contributed by atoms with Crippen molar-refractivity contribution < 1.29 is 14.7 Å². The highest BCUT2D eigenvalue weighted by Gasteiger charge is 2.35. The van der Waals surface area contributed by atoms with Gasteiger partial charge in [0.1, 0.15) is 0 Å². The van der Waals surface area contributed by atoms with Gasteiger partial charge in [-0.05, 0) is 32.1 Å². The molecule has 1 aliphatic heterocycles. The number of carbonyl (C=O) groups is 2. The van der Waals surface area contributed by atoms with E-state index in [2.05, 4.69) is 0 Å². The molecule has 2 unspecified atom stereocenters. The van der Waals surface area contributed by atoms with E-state index in [4.69, 9.17) is 5.11 Å². The Morgan fingerprint density at radius 1 is 1.25 bits per heavy atom. The molecule has 1 N–H and O–H groups in total. The van der Waals surface area contributed by atoms with Gasteiger partial charge in [0.25, 0.3) is 0 Å². The number of nitrogens with zero attached hydrogens (tertiary/aromatic N) is 1. The van der Waals surface area contributed by atoms with Crippen LogP contribution in [-0.4, -0.2) is 34.5 Å². The summed E-state index contributed by atoms with van der Waals surface area (Å²) in [7, 11) is 0. The first kappa shape index (κ1) is 11.4. The van der Waals surface area contributed by atoms with Crippen molar-refractivity contribution in [1.82, 2.24) is 4.90 Å². The summed E-state index contributed by atoms with van der Waals surface area (Å²) in [6.07, 6.45) is 6.07. The molecule has 0 aromatic carbocycles. The second-order valence-corrected chi connectivity index (χ2v) is 4.90. The Hall–Kier alpha value is -1.06. The van der Waals surface area contributed by atoms with Crippen LogP contribution in [0, 0.1) is 5.92 Å². The molecule has 16 heavy (non-hydrogen) atoms. The van der Waals surface area contributed by atoms with Crippen LogP contribution in [0.4, 0.5) is 0 Å². The van der Waals surface area contributed by atoms with Crippen LogP contribution < -0.4 is 0 Å². The largest absolute Gasteiger partial charge is 0.481 e. The molecule has 1 amide bonds. The van der Waals surface area contributed by atoms with Crippen LogP contribution in [0.25, 0.3) is 0 Å². The first-order valence-corrected chi connectivity index (χ1v) is 6.21. The Kier molecular flexibility index (Phi) is 3.46. The minimum absolute atomic E-state index is 0.187. The van der Waals surface area contributed by atoms with Crippen LogP contribution in [-0.2, 0) is 9.59 Å². The predicted molar refractivity (Wildman–Crippen MR) is 58.9 cm³/mol. The van der Waals surface area contributed by atoms with Crippen molar-refractivity contribution in [1.29, 1.82) is 0 Å². The van der Waals surface area contributed by atoms with Crippen LogP contribution in [0.5, 0.6) is 0 Å². The van der Waals surface area contributed by atoms with E-state index in [1.54, 1.807) is 0 Å². The van der Waals surface area contributed by atoms with Crippen LogP contribution in [0.15, 0.2) is 0 Å². The lowest BCUT2D eigenvalue weighted by Crippen LogP contribution is -2.38. The van der Waals surface area contributed by atoms with Crippen LogP contribution >= 0.6 is 0 Å². The highest BCUT2D eigenvalue weighted by molar-refractivity contribution is 5.77. The van der Waals surface area contributed by atoms with E-state index in [1.165, 1.54) is 0 Å². The van der Waals surface area contributed by atoms with E-state index in [-0.39, 0.29) is 17.9 Å². The molecule has 1 heterocycles. The summed E-state index contributed by atoms with van der Waals surface area (Å²) < 4.78 is 0. The molecule has 0 spiro atoms. The quantitative estimate of drug-likeness (QED) is 0.777. The Morgan fingerprint density at radius 2 is 2.06 bits per heavy atom. The highest BCUT2D eigenvalue weighted by Crippen LogP contribution is 2.31. The fraction of sp³-hybridized carbons (Fsp3) is 0.833. The summed E-state index contributed by atoms with van der Waals surface area (Å²) in [5, 5.41) is 8.95. The summed E-state index contributed by atoms with van der Waals surface area (Å²) in [5.41, 5.74) is 0. The van der Waals surface area contributed by atoms with Crippen molar-refractivity contribution in [3.05, 3.63) is 0 Å². The normalized spacial score (nSPS) is 31.5. The fourth-order valence-corrected chi connectivity index (χ4v) is 2.85. The molecule has 90 valence electrons. The molecule has 0 radical (unpaired) electrons. The number of hydrogen-bond donors (Lipinski definition) is 1. The van der Waals surface area contributed by atoms with E-state index in [1.807, 2.05) is 4.90 Å². The topological polar surface area (TPSA) is 57.6 Å². The number of aliphatic carboxylic acids is 1. The molecular weight excluding hydrogens is 206 g/mol. The summed E-state index contributed by atoms with van der Waals surface area (Å²) in [4.78, 5) is 24.7.